The van der Waals surface area contributed by atoms with Gasteiger partial charge in [0.2, 0.25) is 17.6 Å². The summed E-state index contributed by atoms with van der Waals surface area (Å²) in [5, 5.41) is 3.04. The van der Waals surface area contributed by atoms with E-state index >= 15 is 0 Å². The lowest BCUT2D eigenvalue weighted by Crippen LogP contribution is -2.35. The van der Waals surface area contributed by atoms with Gasteiger partial charge in [-0.3, -0.25) is 9.59 Å². The highest BCUT2D eigenvalue weighted by Crippen LogP contribution is 2.42. The fourth-order valence-electron chi connectivity index (χ4n) is 4.25. The molecule has 1 aromatic carbocycles. The lowest BCUT2D eigenvalue weighted by Gasteiger charge is -2.29. The number of amides is 2. The molecule has 2 aliphatic heterocycles. The van der Waals surface area contributed by atoms with Crippen molar-refractivity contribution in [3.8, 4) is 17.2 Å². The number of rotatable bonds is 8. The maximum absolute atomic E-state index is 12.6. The summed E-state index contributed by atoms with van der Waals surface area (Å²) in [7, 11) is 6.75. The molecular formula is C22H33N3O5. The van der Waals surface area contributed by atoms with Gasteiger partial charge in [0.1, 0.15) is 0 Å². The van der Waals surface area contributed by atoms with Gasteiger partial charge in [-0.15, -0.1) is 0 Å². The van der Waals surface area contributed by atoms with E-state index < -0.39 is 0 Å². The predicted octanol–water partition coefficient (Wildman–Crippen LogP) is 1.91. The van der Waals surface area contributed by atoms with Gasteiger partial charge in [0.15, 0.2) is 11.5 Å². The largest absolute Gasteiger partial charge is 0.493 e. The fraction of sp³-hybridized carbons (Fsp3) is 0.636. The Labute approximate surface area is 178 Å². The zero-order chi connectivity index (χ0) is 21.7. The second-order valence-electron chi connectivity index (χ2n) is 8.12. The first-order valence-electron chi connectivity index (χ1n) is 10.5. The number of anilines is 1. The van der Waals surface area contributed by atoms with Crippen LogP contribution >= 0.6 is 0 Å². The second-order valence-corrected chi connectivity index (χ2v) is 8.12. The van der Waals surface area contributed by atoms with Crippen molar-refractivity contribution in [1.29, 1.82) is 0 Å². The molecule has 2 saturated heterocycles. The Balaban J connectivity index is 1.58. The third-order valence-electron chi connectivity index (χ3n) is 6.15. The third-order valence-corrected chi connectivity index (χ3v) is 6.15. The molecule has 8 heteroatoms. The minimum absolute atomic E-state index is 0.0498. The van der Waals surface area contributed by atoms with Crippen LogP contribution in [-0.2, 0) is 9.59 Å². The van der Waals surface area contributed by atoms with E-state index in [1.165, 1.54) is 34.2 Å². The van der Waals surface area contributed by atoms with Gasteiger partial charge in [0.05, 0.1) is 32.9 Å². The van der Waals surface area contributed by atoms with E-state index in [-0.39, 0.29) is 24.2 Å². The summed E-state index contributed by atoms with van der Waals surface area (Å²) in [6, 6.07) is 3.47. The average Bonchev–Trinajstić information content (AvgIpc) is 3.15. The molecule has 1 atom stereocenters. The number of likely N-dealkylation sites (tertiary alicyclic amines) is 1. The van der Waals surface area contributed by atoms with E-state index in [1.54, 1.807) is 17.0 Å². The molecule has 1 aromatic rings. The second kappa shape index (κ2) is 10.0. The molecule has 0 spiro atoms. The normalized spacial score (nSPS) is 20.3. The minimum Gasteiger partial charge on any atom is -0.493 e. The van der Waals surface area contributed by atoms with Gasteiger partial charge in [-0.2, -0.15) is 0 Å². The first-order valence-corrected chi connectivity index (χ1v) is 10.5. The molecule has 1 unspecified atom stereocenters. The van der Waals surface area contributed by atoms with Crippen LogP contribution in [0.15, 0.2) is 12.1 Å². The Morgan fingerprint density at radius 2 is 1.73 bits per heavy atom. The number of benzene rings is 1. The molecule has 3 rings (SSSR count). The van der Waals surface area contributed by atoms with Gasteiger partial charge < -0.3 is 29.3 Å². The summed E-state index contributed by atoms with van der Waals surface area (Å²) in [5.41, 5.74) is 0.635. The van der Waals surface area contributed by atoms with Crippen molar-refractivity contribution in [1.82, 2.24) is 10.2 Å². The molecule has 0 radical (unpaired) electrons. The lowest BCUT2D eigenvalue weighted by atomic mass is 9.94. The zero-order valence-electron chi connectivity index (χ0n) is 18.4. The molecule has 0 bridgehead atoms. The number of carbonyl (C=O) groups is 2. The zero-order valence-corrected chi connectivity index (χ0v) is 18.4. The van der Waals surface area contributed by atoms with Crippen LogP contribution in [0.4, 0.5) is 5.69 Å². The van der Waals surface area contributed by atoms with Crippen LogP contribution in [0.5, 0.6) is 17.2 Å². The Hall–Kier alpha value is -2.48. The van der Waals surface area contributed by atoms with Crippen LogP contribution in [-0.4, -0.2) is 71.3 Å². The number of methoxy groups -OCH3 is 3. The highest BCUT2D eigenvalue weighted by molar-refractivity contribution is 6.00. The summed E-state index contributed by atoms with van der Waals surface area (Å²) in [6.45, 7) is 3.26. The van der Waals surface area contributed by atoms with Crippen LogP contribution in [0, 0.1) is 11.8 Å². The van der Waals surface area contributed by atoms with Gasteiger partial charge in [0.25, 0.3) is 0 Å². The summed E-state index contributed by atoms with van der Waals surface area (Å²) < 4.78 is 16.1. The monoisotopic (exact) mass is 419 g/mol. The molecule has 2 amide bonds. The Morgan fingerprint density at radius 1 is 1.10 bits per heavy atom. The fourth-order valence-corrected chi connectivity index (χ4v) is 4.25. The molecular weight excluding hydrogens is 386 g/mol. The van der Waals surface area contributed by atoms with Crippen molar-refractivity contribution in [2.45, 2.75) is 25.7 Å². The third kappa shape index (κ3) is 4.98. The Morgan fingerprint density at radius 3 is 2.30 bits per heavy atom. The predicted molar refractivity (Wildman–Crippen MR) is 114 cm³/mol. The van der Waals surface area contributed by atoms with Crippen molar-refractivity contribution in [3.05, 3.63) is 12.1 Å². The van der Waals surface area contributed by atoms with Gasteiger partial charge in [0, 0.05) is 31.6 Å². The highest BCUT2D eigenvalue weighted by atomic mass is 16.5. The van der Waals surface area contributed by atoms with E-state index in [2.05, 4.69) is 17.3 Å². The van der Waals surface area contributed by atoms with Gasteiger partial charge >= 0.3 is 0 Å². The van der Waals surface area contributed by atoms with Crippen LogP contribution in [0.2, 0.25) is 0 Å². The van der Waals surface area contributed by atoms with E-state index in [4.69, 9.17) is 14.2 Å². The molecule has 0 saturated carbocycles. The van der Waals surface area contributed by atoms with Crippen molar-refractivity contribution in [2.75, 3.05) is 59.5 Å². The maximum atomic E-state index is 12.6. The number of piperidine rings is 1. The SMILES string of the molecule is COc1cc(N2CC(C(=O)NCCC3CCN(C)CC3)CC2=O)cc(OC)c1OC. The Bertz CT molecular complexity index is 736. The van der Waals surface area contributed by atoms with Crippen molar-refractivity contribution >= 4 is 17.5 Å². The van der Waals surface area contributed by atoms with Gasteiger partial charge in [-0.05, 0) is 45.3 Å². The molecule has 0 aromatic heterocycles. The van der Waals surface area contributed by atoms with Crippen molar-refractivity contribution < 1.29 is 23.8 Å². The number of hydrogen-bond donors (Lipinski definition) is 1. The molecule has 2 heterocycles. The number of hydrogen-bond acceptors (Lipinski definition) is 6. The highest BCUT2D eigenvalue weighted by Gasteiger charge is 2.36. The van der Waals surface area contributed by atoms with Crippen molar-refractivity contribution in [3.63, 3.8) is 0 Å². The summed E-state index contributed by atoms with van der Waals surface area (Å²) >= 11 is 0. The molecule has 2 fully saturated rings. The first-order chi connectivity index (χ1) is 14.5. The Kier molecular flexibility index (Phi) is 7.42. The van der Waals surface area contributed by atoms with E-state index in [0.717, 1.165) is 19.5 Å². The number of carbonyl (C=O) groups excluding carboxylic acids is 2. The van der Waals surface area contributed by atoms with E-state index in [1.807, 2.05) is 0 Å². The molecule has 166 valence electrons. The molecule has 0 aliphatic carbocycles. The van der Waals surface area contributed by atoms with E-state index in [9.17, 15) is 9.59 Å². The average molecular weight is 420 g/mol. The smallest absolute Gasteiger partial charge is 0.227 e. The number of ether oxygens (including phenoxy) is 3. The number of nitrogens with zero attached hydrogens (tertiary/aromatic N) is 2. The van der Waals surface area contributed by atoms with Crippen LogP contribution in [0.25, 0.3) is 0 Å². The summed E-state index contributed by atoms with van der Waals surface area (Å²) in [6.07, 6.45) is 3.57. The quantitative estimate of drug-likeness (QED) is 0.693. The molecule has 2 aliphatic rings. The summed E-state index contributed by atoms with van der Waals surface area (Å²) in [4.78, 5) is 29.2. The molecule has 1 N–H and O–H groups in total. The van der Waals surface area contributed by atoms with Gasteiger partial charge in [-0.25, -0.2) is 0 Å². The summed E-state index contributed by atoms with van der Waals surface area (Å²) in [5.74, 6) is 1.61. The first kappa shape index (κ1) is 22.2. The van der Waals surface area contributed by atoms with Crippen LogP contribution in [0.1, 0.15) is 25.7 Å². The minimum atomic E-state index is -0.353. The van der Waals surface area contributed by atoms with Crippen LogP contribution in [0.3, 0.4) is 0 Å². The van der Waals surface area contributed by atoms with Crippen LogP contribution < -0.4 is 24.4 Å². The van der Waals surface area contributed by atoms with E-state index in [0.29, 0.717) is 41.9 Å². The van der Waals surface area contributed by atoms with Gasteiger partial charge in [-0.1, -0.05) is 0 Å². The number of nitrogens with one attached hydrogen (secondary N) is 1. The maximum Gasteiger partial charge on any atom is 0.227 e. The lowest BCUT2D eigenvalue weighted by molar-refractivity contribution is -0.126. The molecule has 8 nitrogen and oxygen atoms in total. The topological polar surface area (TPSA) is 80.3 Å². The van der Waals surface area contributed by atoms with Crippen molar-refractivity contribution in [2.24, 2.45) is 11.8 Å². The standard InChI is InChI=1S/C22H33N3O5/c1-24-9-6-15(7-10-24)5-8-23-22(27)16-11-20(26)25(14-16)17-12-18(28-2)21(30-4)19(13-17)29-3/h12-13,15-16H,5-11,14H2,1-4H3,(H,23,27). The molecule has 30 heavy (non-hydrogen) atoms.